The van der Waals surface area contributed by atoms with Crippen molar-refractivity contribution in [2.45, 2.75) is 122 Å². The van der Waals surface area contributed by atoms with Crippen molar-refractivity contribution in [3.63, 3.8) is 0 Å². The molecule has 1 aliphatic heterocycles. The Morgan fingerprint density at radius 3 is 2.38 bits per heavy atom. The largest absolute Gasteiger partial charge is 0.497 e. The van der Waals surface area contributed by atoms with E-state index in [2.05, 4.69) is 61.2 Å². The van der Waals surface area contributed by atoms with E-state index in [1.165, 1.54) is 0 Å². The number of hydrogen-bond acceptors (Lipinski definition) is 6. The van der Waals surface area contributed by atoms with Gasteiger partial charge in [-0.2, -0.15) is 0 Å². The third kappa shape index (κ3) is 4.46. The molecule has 7 heteroatoms. The molecule has 1 aromatic rings. The summed E-state index contributed by atoms with van der Waals surface area (Å²) in [5, 5.41) is 12.2. The number of benzene rings is 1. The number of rotatable bonds is 6. The lowest BCUT2D eigenvalue weighted by Crippen LogP contribution is -2.60. The lowest BCUT2D eigenvalue weighted by Gasteiger charge is -2.52. The molecule has 40 heavy (non-hydrogen) atoms. The molecule has 0 aromatic heterocycles. The maximum atomic E-state index is 15.2. The lowest BCUT2D eigenvalue weighted by atomic mass is 9.58. The molecule has 1 saturated heterocycles. The van der Waals surface area contributed by atoms with Gasteiger partial charge < -0.3 is 23.7 Å². The maximum Gasteiger partial charge on any atom is 0.192 e. The second-order valence-electron chi connectivity index (χ2n) is 15.1. The molecule has 1 heterocycles. The van der Waals surface area contributed by atoms with Crippen molar-refractivity contribution in [3.8, 4) is 5.75 Å². The summed E-state index contributed by atoms with van der Waals surface area (Å²) in [6.07, 6.45) is 1.37. The van der Waals surface area contributed by atoms with E-state index >= 15 is 4.79 Å². The van der Waals surface area contributed by atoms with Crippen LogP contribution in [0.3, 0.4) is 0 Å². The van der Waals surface area contributed by atoms with Gasteiger partial charge in [-0.25, -0.2) is 0 Å². The Labute approximate surface area is 241 Å². The monoisotopic (exact) mass is 570 g/mol. The fraction of sp³-hybridized carbons (Fsp3) is 0.727. The van der Waals surface area contributed by atoms with E-state index in [-0.39, 0.29) is 41.0 Å². The Hall–Kier alpha value is -1.51. The summed E-state index contributed by atoms with van der Waals surface area (Å²) in [6.45, 7) is 22.3. The van der Waals surface area contributed by atoms with Crippen LogP contribution in [0.5, 0.6) is 5.75 Å². The number of ether oxygens (including phenoxy) is 3. The number of carbonyl (C=O) groups is 1. The van der Waals surface area contributed by atoms with E-state index in [1.807, 2.05) is 24.3 Å². The minimum absolute atomic E-state index is 0.00790. The third-order valence-electron chi connectivity index (χ3n) is 11.7. The first-order valence-corrected chi connectivity index (χ1v) is 17.9. The van der Waals surface area contributed by atoms with Crippen molar-refractivity contribution in [1.29, 1.82) is 0 Å². The van der Waals surface area contributed by atoms with Gasteiger partial charge in [-0.1, -0.05) is 58.9 Å². The molecule has 3 saturated carbocycles. The van der Waals surface area contributed by atoms with E-state index in [9.17, 15) is 5.11 Å². The summed E-state index contributed by atoms with van der Waals surface area (Å²) >= 11 is 0. The molecule has 1 unspecified atom stereocenters. The summed E-state index contributed by atoms with van der Waals surface area (Å²) in [7, 11) is -0.554. The normalized spacial score (nSPS) is 39.0. The Balaban J connectivity index is 1.58. The van der Waals surface area contributed by atoms with Gasteiger partial charge in [0.1, 0.15) is 18.0 Å². The molecule has 6 nitrogen and oxygen atoms in total. The van der Waals surface area contributed by atoms with Crippen LogP contribution in [0.25, 0.3) is 0 Å². The summed E-state index contributed by atoms with van der Waals surface area (Å²) < 4.78 is 25.5. The lowest BCUT2D eigenvalue weighted by molar-refractivity contribution is -0.164. The summed E-state index contributed by atoms with van der Waals surface area (Å²) in [4.78, 5) is 15.2. The molecule has 4 fully saturated rings. The highest BCUT2D eigenvalue weighted by Gasteiger charge is 2.74. The van der Waals surface area contributed by atoms with E-state index in [4.69, 9.17) is 18.6 Å². The van der Waals surface area contributed by atoms with Crippen LogP contribution in [-0.4, -0.2) is 56.3 Å². The molecular formula is C33H50O6Si. The van der Waals surface area contributed by atoms with Crippen LogP contribution in [0, 0.1) is 22.7 Å². The smallest absolute Gasteiger partial charge is 0.192 e. The zero-order chi connectivity index (χ0) is 29.5. The second-order valence-corrected chi connectivity index (χ2v) is 19.8. The number of carbonyl (C=O) groups excluding carboxylic acids is 1. The Kier molecular flexibility index (Phi) is 7.31. The van der Waals surface area contributed by atoms with Crippen molar-refractivity contribution in [2.24, 2.45) is 22.7 Å². The van der Waals surface area contributed by atoms with Gasteiger partial charge in [0.25, 0.3) is 0 Å². The van der Waals surface area contributed by atoms with Gasteiger partial charge in [0.15, 0.2) is 14.1 Å². The third-order valence-corrected chi connectivity index (χ3v) is 16.2. The molecule has 8 atom stereocenters. The van der Waals surface area contributed by atoms with Crippen molar-refractivity contribution in [2.75, 3.05) is 7.11 Å². The molecule has 1 N–H and O–H groups in total. The Bertz CT molecular complexity index is 1150. The fourth-order valence-corrected chi connectivity index (χ4v) is 9.19. The topological polar surface area (TPSA) is 77.5 Å². The van der Waals surface area contributed by atoms with E-state index in [1.54, 1.807) is 7.11 Å². The van der Waals surface area contributed by atoms with Gasteiger partial charge in [-0.15, -0.1) is 0 Å². The number of fused-ring (bicyclic) bond motifs is 6. The van der Waals surface area contributed by atoms with Crippen molar-refractivity contribution in [1.82, 2.24) is 0 Å². The summed E-state index contributed by atoms with van der Waals surface area (Å²) in [5.74, 6) is 0.492. The molecule has 4 aliphatic rings. The van der Waals surface area contributed by atoms with Gasteiger partial charge in [-0.3, -0.25) is 4.79 Å². The van der Waals surface area contributed by atoms with Crippen molar-refractivity contribution >= 4 is 14.1 Å². The Morgan fingerprint density at radius 1 is 1.12 bits per heavy atom. The first-order chi connectivity index (χ1) is 18.5. The minimum Gasteiger partial charge on any atom is -0.497 e. The number of Topliss-reactive ketones (excluding diaryl/α,β-unsaturated/α-hetero) is 1. The average Bonchev–Trinajstić information content (AvgIpc) is 3.62. The molecule has 3 aliphatic carbocycles. The number of aliphatic hydroxyl groups is 1. The summed E-state index contributed by atoms with van der Waals surface area (Å²) in [5.41, 5.74) is -0.441. The molecule has 222 valence electrons. The number of ketones is 1. The van der Waals surface area contributed by atoms with Gasteiger partial charge in [-0.05, 0) is 68.4 Å². The van der Waals surface area contributed by atoms with Crippen LogP contribution >= 0.6 is 0 Å². The molecule has 0 spiro atoms. The number of methoxy groups -OCH3 is 1. The predicted molar refractivity (Wildman–Crippen MR) is 159 cm³/mol. The highest BCUT2D eigenvalue weighted by molar-refractivity contribution is 6.74. The zero-order valence-electron chi connectivity index (χ0n) is 26.0. The minimum atomic E-state index is -2.20. The van der Waals surface area contributed by atoms with Gasteiger partial charge >= 0.3 is 0 Å². The SMILES string of the molecule is C=C1CC[C@H](O[Si](C)(C)C(C)(C)C)[C@@]2(C)C(=O)[C@H](OCc3ccc(OC)cc3)C3CC[C@@](O)([C@H]4O[C@@H]4[C@H]12)C3(C)C. The van der Waals surface area contributed by atoms with Crippen LogP contribution in [-0.2, 0) is 25.3 Å². The molecule has 0 amide bonds. The van der Waals surface area contributed by atoms with E-state index in [0.29, 0.717) is 19.4 Å². The van der Waals surface area contributed by atoms with Gasteiger partial charge in [0, 0.05) is 17.3 Å². The fourth-order valence-electron chi connectivity index (χ4n) is 7.76. The summed E-state index contributed by atoms with van der Waals surface area (Å²) in [6, 6.07) is 7.79. The molecule has 0 radical (unpaired) electrons. The molecule has 5 rings (SSSR count). The zero-order valence-corrected chi connectivity index (χ0v) is 27.0. The molecule has 2 bridgehead atoms. The first-order valence-electron chi connectivity index (χ1n) is 15.0. The standard InChI is InChI=1S/C33H50O6Si/c1-20-11-16-24(39-40(9,10)30(2,3)4)32(7)25(20)27-29(38-27)33(35)18-17-23(31(33,5)6)26(28(32)34)37-19-21-12-14-22(36-8)15-13-21/h12-15,23-27,29,35H,1,11,16-19H2,2-10H3/t23?,24-,25-,26+,27+,29-,32+,33+/m0/s1. The average molecular weight is 571 g/mol. The van der Waals surface area contributed by atoms with Gasteiger partial charge in [0.2, 0.25) is 0 Å². The van der Waals surface area contributed by atoms with Crippen molar-refractivity contribution in [3.05, 3.63) is 42.0 Å². The highest BCUT2D eigenvalue weighted by atomic mass is 28.4. The highest BCUT2D eigenvalue weighted by Crippen LogP contribution is 2.65. The van der Waals surface area contributed by atoms with E-state index < -0.39 is 30.9 Å². The predicted octanol–water partition coefficient (Wildman–Crippen LogP) is 6.46. The maximum absolute atomic E-state index is 15.2. The Morgan fingerprint density at radius 2 is 1.77 bits per heavy atom. The van der Waals surface area contributed by atoms with Gasteiger partial charge in [0.05, 0.1) is 36.9 Å². The number of epoxide rings is 1. The molecule has 1 aromatic carbocycles. The van der Waals surface area contributed by atoms with E-state index in [0.717, 1.165) is 29.7 Å². The van der Waals surface area contributed by atoms with Crippen LogP contribution in [0.2, 0.25) is 18.1 Å². The van der Waals surface area contributed by atoms with Crippen LogP contribution in [0.1, 0.15) is 72.8 Å². The van der Waals surface area contributed by atoms with Crippen molar-refractivity contribution < 1.29 is 28.5 Å². The van der Waals surface area contributed by atoms with Crippen LogP contribution < -0.4 is 4.74 Å². The van der Waals surface area contributed by atoms with Crippen LogP contribution in [0.15, 0.2) is 36.4 Å². The van der Waals surface area contributed by atoms with Crippen LogP contribution in [0.4, 0.5) is 0 Å². The molecular weight excluding hydrogens is 520 g/mol. The quantitative estimate of drug-likeness (QED) is 0.240. The number of hydrogen-bond donors (Lipinski definition) is 1. The second kappa shape index (κ2) is 9.77. The first kappa shape index (κ1) is 30.0.